The highest BCUT2D eigenvalue weighted by Gasteiger charge is 2.39. The Morgan fingerprint density at radius 2 is 1.47 bits per heavy atom. The first-order valence-electron chi connectivity index (χ1n) is 11.5. The Labute approximate surface area is 186 Å². The van der Waals surface area contributed by atoms with Gasteiger partial charge in [0.2, 0.25) is 5.91 Å². The second-order valence-electron chi connectivity index (χ2n) is 11.4. The fraction of sp³-hybridized carbons (Fsp3) is 0.808. The van der Waals surface area contributed by atoms with Crippen LogP contribution >= 0.6 is 0 Å². The Balaban J connectivity index is 5.73. The molecule has 0 fully saturated rings. The Morgan fingerprint density at radius 3 is 1.87 bits per heavy atom. The number of aliphatic hydroxyl groups is 2. The molecule has 0 bridgehead atoms. The highest BCUT2D eigenvalue weighted by Crippen LogP contribution is 2.43. The highest BCUT2D eigenvalue weighted by molar-refractivity contribution is 5.82. The van der Waals surface area contributed by atoms with Gasteiger partial charge in [0.15, 0.2) is 0 Å². The fourth-order valence-electron chi connectivity index (χ4n) is 5.00. The largest absolute Gasteiger partial charge is 0.395 e. The van der Waals surface area contributed by atoms with E-state index in [1.54, 1.807) is 11.0 Å². The van der Waals surface area contributed by atoms with E-state index in [0.717, 1.165) is 19.3 Å². The molecule has 0 aliphatic heterocycles. The molecule has 0 rings (SSSR count). The van der Waals surface area contributed by atoms with Gasteiger partial charge in [-0.1, -0.05) is 80.0 Å². The minimum absolute atomic E-state index is 0.0296. The summed E-state index contributed by atoms with van der Waals surface area (Å²) in [5.74, 6) is -0.0296. The lowest BCUT2D eigenvalue weighted by Crippen LogP contribution is -2.46. The summed E-state index contributed by atoms with van der Waals surface area (Å²) >= 11 is 0. The van der Waals surface area contributed by atoms with E-state index in [0.29, 0.717) is 12.8 Å². The number of allylic oxidation sites excluding steroid dienone is 3. The van der Waals surface area contributed by atoms with Gasteiger partial charge in [-0.15, -0.1) is 6.58 Å². The number of nitrogens with zero attached hydrogens (tertiary/aromatic N) is 1. The molecule has 0 heterocycles. The number of carbonyl (C=O) groups is 1. The van der Waals surface area contributed by atoms with Gasteiger partial charge in [0.05, 0.1) is 18.6 Å². The molecule has 2 unspecified atom stereocenters. The lowest BCUT2D eigenvalue weighted by Gasteiger charge is -2.39. The zero-order chi connectivity index (χ0) is 23.6. The van der Waals surface area contributed by atoms with E-state index in [1.165, 1.54) is 0 Å². The van der Waals surface area contributed by atoms with E-state index in [-0.39, 0.29) is 48.5 Å². The third kappa shape index (κ3) is 10.3. The SMILES string of the molecule is C=CCC(C)(CC(C)(C)C=CC(C)(CCC)CC(C)(C)C)C(=O)N(CCO)CCO. The topological polar surface area (TPSA) is 60.8 Å². The number of aliphatic hydroxyl groups excluding tert-OH is 2. The summed E-state index contributed by atoms with van der Waals surface area (Å²) in [6, 6.07) is 0. The Hall–Kier alpha value is -1.13. The first-order valence-corrected chi connectivity index (χ1v) is 11.5. The smallest absolute Gasteiger partial charge is 0.229 e. The van der Waals surface area contributed by atoms with Crippen molar-refractivity contribution in [3.05, 3.63) is 24.8 Å². The van der Waals surface area contributed by atoms with Gasteiger partial charge in [0.1, 0.15) is 0 Å². The number of carbonyl (C=O) groups excluding carboxylic acids is 1. The van der Waals surface area contributed by atoms with Crippen molar-refractivity contribution in [2.45, 2.75) is 87.5 Å². The predicted octanol–water partition coefficient (Wildman–Crippen LogP) is 5.60. The maximum Gasteiger partial charge on any atom is 0.229 e. The van der Waals surface area contributed by atoms with E-state index in [4.69, 9.17) is 0 Å². The van der Waals surface area contributed by atoms with E-state index in [1.807, 2.05) is 6.92 Å². The van der Waals surface area contributed by atoms with Crippen LogP contribution in [0.15, 0.2) is 24.8 Å². The lowest BCUT2D eigenvalue weighted by atomic mass is 9.68. The van der Waals surface area contributed by atoms with Crippen LogP contribution in [-0.2, 0) is 4.79 Å². The number of amides is 1. The van der Waals surface area contributed by atoms with Crippen molar-refractivity contribution >= 4 is 5.91 Å². The van der Waals surface area contributed by atoms with Crippen LogP contribution in [0.2, 0.25) is 0 Å². The second-order valence-corrected chi connectivity index (χ2v) is 11.4. The number of hydrogen-bond acceptors (Lipinski definition) is 3. The zero-order valence-corrected chi connectivity index (χ0v) is 21.1. The second kappa shape index (κ2) is 12.0. The van der Waals surface area contributed by atoms with E-state index >= 15 is 0 Å². The van der Waals surface area contributed by atoms with Gasteiger partial charge in [0, 0.05) is 13.1 Å². The molecule has 0 radical (unpaired) electrons. The molecule has 4 heteroatoms. The molecule has 2 atom stereocenters. The Kier molecular flexibility index (Phi) is 11.6. The number of hydrogen-bond donors (Lipinski definition) is 2. The average molecular weight is 424 g/mol. The quantitative estimate of drug-likeness (QED) is 0.358. The van der Waals surface area contributed by atoms with Gasteiger partial charge in [-0.25, -0.2) is 0 Å². The summed E-state index contributed by atoms with van der Waals surface area (Å²) in [7, 11) is 0. The fourth-order valence-corrected chi connectivity index (χ4v) is 5.00. The molecule has 30 heavy (non-hydrogen) atoms. The van der Waals surface area contributed by atoms with Crippen LogP contribution in [0.3, 0.4) is 0 Å². The van der Waals surface area contributed by atoms with Crippen molar-refractivity contribution in [2.75, 3.05) is 26.3 Å². The van der Waals surface area contributed by atoms with Gasteiger partial charge in [-0.2, -0.15) is 0 Å². The van der Waals surface area contributed by atoms with Crippen LogP contribution in [0.1, 0.15) is 87.5 Å². The molecule has 0 saturated heterocycles. The number of rotatable bonds is 14. The van der Waals surface area contributed by atoms with Crippen molar-refractivity contribution in [3.8, 4) is 0 Å². The van der Waals surface area contributed by atoms with Gasteiger partial charge in [0.25, 0.3) is 0 Å². The first kappa shape index (κ1) is 28.9. The van der Waals surface area contributed by atoms with E-state index in [9.17, 15) is 15.0 Å². The lowest BCUT2D eigenvalue weighted by molar-refractivity contribution is -0.143. The van der Waals surface area contributed by atoms with Crippen LogP contribution in [0.5, 0.6) is 0 Å². The average Bonchev–Trinajstić information content (AvgIpc) is 2.58. The molecular weight excluding hydrogens is 374 g/mol. The predicted molar refractivity (Wildman–Crippen MR) is 128 cm³/mol. The standard InChI is InChI=1S/C26H49NO3/c1-10-12-25(8,20-23(3,4)5)15-14-24(6,7)21-26(9,13-11-2)22(30)27(16-18-28)17-19-29/h11,14-15,28-29H,2,10,12-13,16-21H2,1,3-9H3. The molecular formula is C26H49NO3. The maximum absolute atomic E-state index is 13.3. The van der Waals surface area contributed by atoms with Crippen LogP contribution in [0.25, 0.3) is 0 Å². The minimum atomic E-state index is -0.634. The summed E-state index contributed by atoms with van der Waals surface area (Å²) in [4.78, 5) is 14.9. The molecule has 1 amide bonds. The molecule has 2 N–H and O–H groups in total. The molecule has 0 spiro atoms. The molecule has 0 aromatic rings. The maximum atomic E-state index is 13.3. The molecule has 0 aliphatic carbocycles. The first-order chi connectivity index (χ1) is 13.7. The van der Waals surface area contributed by atoms with E-state index in [2.05, 4.69) is 67.2 Å². The van der Waals surface area contributed by atoms with Crippen LogP contribution in [0, 0.1) is 21.7 Å². The van der Waals surface area contributed by atoms with Crippen molar-refractivity contribution in [2.24, 2.45) is 21.7 Å². The third-order valence-corrected chi connectivity index (χ3v) is 5.68. The van der Waals surface area contributed by atoms with Crippen LogP contribution in [0.4, 0.5) is 0 Å². The zero-order valence-electron chi connectivity index (χ0n) is 21.1. The summed E-state index contributed by atoms with van der Waals surface area (Å²) in [5, 5.41) is 18.7. The van der Waals surface area contributed by atoms with Crippen molar-refractivity contribution in [1.29, 1.82) is 0 Å². The molecule has 0 aromatic heterocycles. The van der Waals surface area contributed by atoms with Gasteiger partial charge >= 0.3 is 0 Å². The van der Waals surface area contributed by atoms with Crippen LogP contribution in [-0.4, -0.2) is 47.3 Å². The monoisotopic (exact) mass is 423 g/mol. The Morgan fingerprint density at radius 1 is 0.933 bits per heavy atom. The summed E-state index contributed by atoms with van der Waals surface area (Å²) in [5.41, 5.74) is -0.431. The van der Waals surface area contributed by atoms with Crippen LogP contribution < -0.4 is 0 Å². The van der Waals surface area contributed by atoms with Crippen molar-refractivity contribution in [1.82, 2.24) is 4.90 Å². The highest BCUT2D eigenvalue weighted by atomic mass is 16.3. The molecule has 0 saturated carbocycles. The summed E-state index contributed by atoms with van der Waals surface area (Å²) in [6.07, 6.45) is 11.1. The summed E-state index contributed by atoms with van der Waals surface area (Å²) < 4.78 is 0. The molecule has 0 aromatic carbocycles. The van der Waals surface area contributed by atoms with Crippen molar-refractivity contribution < 1.29 is 15.0 Å². The van der Waals surface area contributed by atoms with Gasteiger partial charge < -0.3 is 15.1 Å². The third-order valence-electron chi connectivity index (χ3n) is 5.68. The molecule has 176 valence electrons. The Bertz CT molecular complexity index is 555. The molecule has 0 aliphatic rings. The van der Waals surface area contributed by atoms with Crippen molar-refractivity contribution in [3.63, 3.8) is 0 Å². The normalized spacial score (nSPS) is 16.9. The van der Waals surface area contributed by atoms with Gasteiger partial charge in [-0.05, 0) is 41.9 Å². The minimum Gasteiger partial charge on any atom is -0.395 e. The van der Waals surface area contributed by atoms with E-state index < -0.39 is 5.41 Å². The van der Waals surface area contributed by atoms with Gasteiger partial charge in [-0.3, -0.25) is 4.79 Å². The summed E-state index contributed by atoms with van der Waals surface area (Å²) in [6.45, 7) is 21.9. The molecule has 4 nitrogen and oxygen atoms in total.